The first kappa shape index (κ1) is 16.0. The molecule has 0 bridgehead atoms. The van der Waals surface area contributed by atoms with Crippen LogP contribution in [0.1, 0.15) is 30.6 Å². The number of hydrogen-bond acceptors (Lipinski definition) is 3. The highest BCUT2D eigenvalue weighted by Crippen LogP contribution is 2.44. The Morgan fingerprint density at radius 2 is 2.09 bits per heavy atom. The van der Waals surface area contributed by atoms with E-state index < -0.39 is 0 Å². The normalized spacial score (nSPS) is 18.0. The van der Waals surface area contributed by atoms with E-state index in [9.17, 15) is 4.79 Å². The molecule has 0 unspecified atom stereocenters. The van der Waals surface area contributed by atoms with Gasteiger partial charge in [-0.3, -0.25) is 9.69 Å². The maximum atomic E-state index is 12.4. The molecule has 1 heterocycles. The number of amides is 1. The predicted octanol–water partition coefficient (Wildman–Crippen LogP) is 3.69. The summed E-state index contributed by atoms with van der Waals surface area (Å²) in [6.45, 7) is 5.68. The van der Waals surface area contributed by atoms with E-state index in [4.69, 9.17) is 11.6 Å². The van der Waals surface area contributed by atoms with Gasteiger partial charge in [0.1, 0.15) is 0 Å². The summed E-state index contributed by atoms with van der Waals surface area (Å²) in [5, 5.41) is 3.28. The monoisotopic (exact) mass is 338 g/mol. The zero-order valence-corrected chi connectivity index (χ0v) is 14.3. The van der Waals surface area contributed by atoms with Crippen LogP contribution in [-0.4, -0.2) is 29.9 Å². The molecule has 0 aliphatic heterocycles. The lowest BCUT2D eigenvalue weighted by molar-refractivity contribution is -0.123. The van der Waals surface area contributed by atoms with E-state index in [-0.39, 0.29) is 5.91 Å². The van der Waals surface area contributed by atoms with Crippen LogP contribution in [0.25, 0.3) is 0 Å². The summed E-state index contributed by atoms with van der Waals surface area (Å²) >= 11 is 7.55. The largest absolute Gasteiger partial charge is 0.352 e. The fourth-order valence-corrected chi connectivity index (χ4v) is 4.12. The Labute approximate surface area is 141 Å². The zero-order chi connectivity index (χ0) is 15.5. The van der Waals surface area contributed by atoms with Crippen LogP contribution in [0.4, 0.5) is 0 Å². The molecule has 22 heavy (non-hydrogen) atoms. The van der Waals surface area contributed by atoms with Gasteiger partial charge in [0.25, 0.3) is 0 Å². The first-order valence-corrected chi connectivity index (χ1v) is 9.22. The summed E-state index contributed by atoms with van der Waals surface area (Å²) in [5.41, 5.74) is 0. The predicted molar refractivity (Wildman–Crippen MR) is 92.2 cm³/mol. The molecule has 5 heteroatoms. The van der Waals surface area contributed by atoms with Crippen molar-refractivity contribution in [1.29, 1.82) is 0 Å². The van der Waals surface area contributed by atoms with E-state index in [0.29, 0.717) is 19.1 Å². The van der Waals surface area contributed by atoms with Gasteiger partial charge in [-0.25, -0.2) is 0 Å². The molecule has 0 aromatic carbocycles. The Morgan fingerprint density at radius 1 is 1.41 bits per heavy atom. The van der Waals surface area contributed by atoms with Crippen LogP contribution in [-0.2, 0) is 11.3 Å². The van der Waals surface area contributed by atoms with Crippen molar-refractivity contribution in [3.8, 4) is 0 Å². The molecule has 3 nitrogen and oxygen atoms in total. The van der Waals surface area contributed by atoms with E-state index >= 15 is 0 Å². The lowest BCUT2D eigenvalue weighted by Crippen LogP contribution is -2.43. The molecule has 2 fully saturated rings. The van der Waals surface area contributed by atoms with Crippen molar-refractivity contribution >= 4 is 28.8 Å². The fourth-order valence-electron chi connectivity index (χ4n) is 2.99. The lowest BCUT2D eigenvalue weighted by atomic mass is 10.1. The third-order valence-corrected chi connectivity index (χ3v) is 5.57. The van der Waals surface area contributed by atoms with E-state index in [1.54, 1.807) is 11.3 Å². The summed E-state index contributed by atoms with van der Waals surface area (Å²) in [6, 6.07) is 4.36. The van der Waals surface area contributed by atoms with Gasteiger partial charge in [-0.05, 0) is 49.7 Å². The van der Waals surface area contributed by atoms with Crippen LogP contribution in [0.2, 0.25) is 4.34 Å². The number of carbonyl (C=O) groups is 1. The fraction of sp³-hybridized carbons (Fsp3) is 0.588. The highest BCUT2D eigenvalue weighted by atomic mass is 35.5. The van der Waals surface area contributed by atoms with Crippen molar-refractivity contribution in [2.75, 3.05) is 13.1 Å². The summed E-state index contributed by atoms with van der Waals surface area (Å²) in [5.74, 6) is 1.62. The number of thiophene rings is 1. The molecule has 2 saturated carbocycles. The van der Waals surface area contributed by atoms with Crippen molar-refractivity contribution in [3.63, 3.8) is 0 Å². The minimum Gasteiger partial charge on any atom is -0.352 e. The molecule has 0 atom stereocenters. The van der Waals surface area contributed by atoms with Gasteiger partial charge in [0.15, 0.2) is 0 Å². The quantitative estimate of drug-likeness (QED) is 0.696. The molecule has 120 valence electrons. The SMILES string of the molecule is C=CCN(CC(=O)NC(C1CC1)C1CC1)Cc1ccc(Cl)s1. The second-order valence-corrected chi connectivity index (χ2v) is 8.23. The standard InChI is InChI=1S/C17H23ClN2OS/c1-2-9-20(10-14-7-8-15(18)22-14)11-16(21)19-17(12-3-4-12)13-5-6-13/h2,7-8,12-13,17H,1,3-6,9-11H2,(H,19,21). The van der Waals surface area contributed by atoms with Crippen LogP contribution >= 0.6 is 22.9 Å². The van der Waals surface area contributed by atoms with Crippen molar-refractivity contribution in [2.45, 2.75) is 38.3 Å². The number of hydrogen-bond donors (Lipinski definition) is 1. The number of rotatable bonds is 9. The summed E-state index contributed by atoms with van der Waals surface area (Å²) < 4.78 is 0.792. The molecule has 0 radical (unpaired) electrons. The van der Waals surface area contributed by atoms with Crippen LogP contribution in [0.3, 0.4) is 0 Å². The van der Waals surface area contributed by atoms with Crippen molar-refractivity contribution in [2.24, 2.45) is 11.8 Å². The van der Waals surface area contributed by atoms with E-state index in [1.165, 1.54) is 30.6 Å². The van der Waals surface area contributed by atoms with Gasteiger partial charge >= 0.3 is 0 Å². The molecule has 2 aliphatic carbocycles. The molecule has 1 amide bonds. The van der Waals surface area contributed by atoms with E-state index in [1.807, 2.05) is 18.2 Å². The highest BCUT2D eigenvalue weighted by Gasteiger charge is 2.42. The molecule has 0 saturated heterocycles. The molecule has 1 aromatic heterocycles. The van der Waals surface area contributed by atoms with Crippen molar-refractivity contribution in [3.05, 3.63) is 34.0 Å². The summed E-state index contributed by atoms with van der Waals surface area (Å²) in [6.07, 6.45) is 6.98. The molecule has 1 N–H and O–H groups in total. The Morgan fingerprint density at radius 3 is 2.59 bits per heavy atom. The lowest BCUT2D eigenvalue weighted by Gasteiger charge is -2.23. The van der Waals surface area contributed by atoms with Crippen LogP contribution < -0.4 is 5.32 Å². The van der Waals surface area contributed by atoms with Crippen LogP contribution in [0.5, 0.6) is 0 Å². The molecular formula is C17H23ClN2OS. The molecule has 1 aromatic rings. The average Bonchev–Trinajstić information content (AvgIpc) is 3.36. The van der Waals surface area contributed by atoms with Gasteiger partial charge in [0.05, 0.1) is 10.9 Å². The van der Waals surface area contributed by atoms with Crippen LogP contribution in [0.15, 0.2) is 24.8 Å². The Kier molecular flexibility index (Phi) is 5.21. The second-order valence-electron chi connectivity index (χ2n) is 6.43. The first-order valence-electron chi connectivity index (χ1n) is 8.02. The zero-order valence-electron chi connectivity index (χ0n) is 12.8. The van der Waals surface area contributed by atoms with E-state index in [0.717, 1.165) is 22.7 Å². The van der Waals surface area contributed by atoms with Gasteiger partial charge in [0, 0.05) is 24.0 Å². The maximum Gasteiger partial charge on any atom is 0.234 e. The van der Waals surface area contributed by atoms with Gasteiger partial charge < -0.3 is 5.32 Å². The van der Waals surface area contributed by atoms with Crippen LogP contribution in [0, 0.1) is 11.8 Å². The maximum absolute atomic E-state index is 12.4. The number of nitrogens with one attached hydrogen (secondary N) is 1. The average molecular weight is 339 g/mol. The van der Waals surface area contributed by atoms with Crippen molar-refractivity contribution < 1.29 is 4.79 Å². The molecule has 2 aliphatic rings. The van der Waals surface area contributed by atoms with E-state index in [2.05, 4.69) is 16.8 Å². The summed E-state index contributed by atoms with van der Waals surface area (Å²) in [7, 11) is 0. The highest BCUT2D eigenvalue weighted by molar-refractivity contribution is 7.16. The van der Waals surface area contributed by atoms with Gasteiger partial charge in [0.2, 0.25) is 5.91 Å². The Hall–Kier alpha value is -0.840. The number of nitrogens with zero attached hydrogens (tertiary/aromatic N) is 1. The van der Waals surface area contributed by atoms with Crippen molar-refractivity contribution in [1.82, 2.24) is 10.2 Å². The number of carbonyl (C=O) groups excluding carboxylic acids is 1. The third kappa shape index (κ3) is 4.58. The first-order chi connectivity index (χ1) is 10.7. The minimum atomic E-state index is 0.147. The Bertz CT molecular complexity index is 525. The van der Waals surface area contributed by atoms with Gasteiger partial charge in [-0.15, -0.1) is 17.9 Å². The smallest absolute Gasteiger partial charge is 0.234 e. The van der Waals surface area contributed by atoms with Gasteiger partial charge in [-0.1, -0.05) is 17.7 Å². The topological polar surface area (TPSA) is 32.3 Å². The third-order valence-electron chi connectivity index (χ3n) is 4.35. The molecule has 3 rings (SSSR count). The summed E-state index contributed by atoms with van der Waals surface area (Å²) in [4.78, 5) is 15.7. The van der Waals surface area contributed by atoms with Gasteiger partial charge in [-0.2, -0.15) is 0 Å². The molecular weight excluding hydrogens is 316 g/mol. The molecule has 0 spiro atoms. The second kappa shape index (κ2) is 7.16. The minimum absolute atomic E-state index is 0.147. The number of halogens is 1. The Balaban J connectivity index is 1.52.